The van der Waals surface area contributed by atoms with E-state index in [1.54, 1.807) is 12.4 Å². The summed E-state index contributed by atoms with van der Waals surface area (Å²) >= 11 is 0. The molecule has 1 aliphatic heterocycles. The minimum absolute atomic E-state index is 0.531. The van der Waals surface area contributed by atoms with Gasteiger partial charge in [0.25, 0.3) is 0 Å². The van der Waals surface area contributed by atoms with E-state index in [1.807, 2.05) is 12.1 Å². The second kappa shape index (κ2) is 5.09. The van der Waals surface area contributed by atoms with E-state index in [0.717, 1.165) is 11.3 Å². The van der Waals surface area contributed by atoms with Gasteiger partial charge in [0, 0.05) is 24.5 Å². The molecule has 100 valence electrons. The number of nitrogens with one attached hydrogen (secondary N) is 1. The Morgan fingerprint density at radius 2 is 1.84 bits per heavy atom. The first-order valence-electron chi connectivity index (χ1n) is 6.87. The van der Waals surface area contributed by atoms with Gasteiger partial charge in [-0.2, -0.15) is 0 Å². The molecular weight excluding hydrogens is 238 g/mol. The number of anilines is 1. The normalized spacial score (nSPS) is 24.5. The van der Waals surface area contributed by atoms with Crippen LogP contribution in [0.5, 0.6) is 0 Å². The summed E-state index contributed by atoms with van der Waals surface area (Å²) in [6.07, 6.45) is 7.11. The smallest absolute Gasteiger partial charge is 0.180 e. The van der Waals surface area contributed by atoms with E-state index in [0.29, 0.717) is 17.7 Å². The van der Waals surface area contributed by atoms with Gasteiger partial charge in [-0.1, -0.05) is 6.42 Å². The summed E-state index contributed by atoms with van der Waals surface area (Å²) in [6, 6.07) is 4.98. The van der Waals surface area contributed by atoms with Crippen LogP contribution in [0, 0.1) is 0 Å². The second-order valence-electron chi connectivity index (χ2n) is 5.24. The molecule has 0 amide bonds. The topological polar surface area (TPSA) is 53.9 Å². The van der Waals surface area contributed by atoms with Crippen molar-refractivity contribution in [1.82, 2.24) is 20.0 Å². The van der Waals surface area contributed by atoms with Crippen molar-refractivity contribution in [3.05, 3.63) is 24.5 Å². The van der Waals surface area contributed by atoms with Crippen molar-refractivity contribution in [2.75, 3.05) is 5.43 Å². The fraction of sp³-hybridized carbons (Fsp3) is 0.500. The zero-order chi connectivity index (χ0) is 13.2. The standard InChI is InChI=1S/C14H19N5/c1-10-4-3-5-11(2)19(10)18-13-7-6-12-14(17-13)16-9-8-15-12/h6-11H,3-5H2,1-2H3,(H,16,17,18). The molecular formula is C14H19N5. The predicted molar refractivity (Wildman–Crippen MR) is 75.6 cm³/mol. The Morgan fingerprint density at radius 1 is 1.11 bits per heavy atom. The van der Waals surface area contributed by atoms with Crippen LogP contribution in [0.2, 0.25) is 0 Å². The van der Waals surface area contributed by atoms with Crippen molar-refractivity contribution in [1.29, 1.82) is 0 Å². The van der Waals surface area contributed by atoms with Gasteiger partial charge in [-0.15, -0.1) is 0 Å². The van der Waals surface area contributed by atoms with Crippen molar-refractivity contribution < 1.29 is 0 Å². The Hall–Kier alpha value is -1.75. The third kappa shape index (κ3) is 2.51. The molecule has 5 nitrogen and oxygen atoms in total. The molecule has 0 aliphatic carbocycles. The van der Waals surface area contributed by atoms with E-state index in [9.17, 15) is 0 Å². The van der Waals surface area contributed by atoms with Gasteiger partial charge in [0.15, 0.2) is 5.65 Å². The van der Waals surface area contributed by atoms with Crippen molar-refractivity contribution in [3.63, 3.8) is 0 Å². The van der Waals surface area contributed by atoms with Crippen LogP contribution >= 0.6 is 0 Å². The molecule has 1 aliphatic rings. The number of nitrogens with zero attached hydrogens (tertiary/aromatic N) is 4. The van der Waals surface area contributed by atoms with Crippen molar-refractivity contribution in [2.24, 2.45) is 0 Å². The van der Waals surface area contributed by atoms with E-state index >= 15 is 0 Å². The number of hydrogen-bond acceptors (Lipinski definition) is 5. The van der Waals surface area contributed by atoms with E-state index in [-0.39, 0.29) is 0 Å². The van der Waals surface area contributed by atoms with Crippen LogP contribution in [0.25, 0.3) is 11.2 Å². The Morgan fingerprint density at radius 3 is 2.63 bits per heavy atom. The van der Waals surface area contributed by atoms with Crippen molar-refractivity contribution in [2.45, 2.75) is 45.2 Å². The fourth-order valence-corrected chi connectivity index (χ4v) is 2.69. The lowest BCUT2D eigenvalue weighted by molar-refractivity contribution is 0.135. The maximum absolute atomic E-state index is 4.51. The van der Waals surface area contributed by atoms with Gasteiger partial charge in [-0.3, -0.25) is 4.98 Å². The SMILES string of the molecule is CC1CCCC(C)N1Nc1ccc2nccnc2n1. The monoisotopic (exact) mass is 257 g/mol. The molecule has 0 aromatic carbocycles. The molecule has 3 rings (SSSR count). The van der Waals surface area contributed by atoms with Crippen LogP contribution in [-0.4, -0.2) is 32.0 Å². The Kier molecular flexibility index (Phi) is 3.29. The zero-order valence-electron chi connectivity index (χ0n) is 11.4. The molecule has 2 aromatic heterocycles. The molecule has 2 unspecified atom stereocenters. The van der Waals surface area contributed by atoms with E-state index in [2.05, 4.69) is 39.2 Å². The summed E-state index contributed by atoms with van der Waals surface area (Å²) in [5.41, 5.74) is 4.94. The predicted octanol–water partition coefficient (Wildman–Crippen LogP) is 2.61. The van der Waals surface area contributed by atoms with E-state index in [4.69, 9.17) is 0 Å². The first-order valence-corrected chi connectivity index (χ1v) is 6.87. The molecule has 2 aromatic rings. The van der Waals surface area contributed by atoms with Crippen LogP contribution in [0.15, 0.2) is 24.5 Å². The highest BCUT2D eigenvalue weighted by Gasteiger charge is 2.24. The first kappa shape index (κ1) is 12.3. The van der Waals surface area contributed by atoms with Crippen molar-refractivity contribution >= 4 is 17.0 Å². The fourth-order valence-electron chi connectivity index (χ4n) is 2.69. The second-order valence-corrected chi connectivity index (χ2v) is 5.24. The molecule has 0 saturated carbocycles. The molecule has 1 N–H and O–H groups in total. The van der Waals surface area contributed by atoms with Crippen LogP contribution in [0.3, 0.4) is 0 Å². The van der Waals surface area contributed by atoms with Crippen LogP contribution in [0.1, 0.15) is 33.1 Å². The zero-order valence-corrected chi connectivity index (χ0v) is 11.4. The molecule has 2 atom stereocenters. The highest BCUT2D eigenvalue weighted by Crippen LogP contribution is 2.23. The number of pyridine rings is 1. The van der Waals surface area contributed by atoms with Gasteiger partial charge < -0.3 is 5.43 Å². The molecule has 3 heterocycles. The summed E-state index contributed by atoms with van der Waals surface area (Å²) in [5, 5.41) is 2.30. The summed E-state index contributed by atoms with van der Waals surface area (Å²) in [7, 11) is 0. The van der Waals surface area contributed by atoms with Crippen LogP contribution < -0.4 is 5.43 Å². The maximum Gasteiger partial charge on any atom is 0.180 e. The minimum atomic E-state index is 0.531. The number of aromatic nitrogens is 3. The van der Waals surface area contributed by atoms with Gasteiger partial charge in [-0.25, -0.2) is 15.0 Å². The highest BCUT2D eigenvalue weighted by molar-refractivity contribution is 5.71. The summed E-state index contributed by atoms with van der Waals surface area (Å²) in [4.78, 5) is 13.0. The van der Waals surface area contributed by atoms with Gasteiger partial charge in [-0.05, 0) is 38.8 Å². The largest absolute Gasteiger partial charge is 0.303 e. The Bertz CT molecular complexity index is 561. The van der Waals surface area contributed by atoms with Crippen molar-refractivity contribution in [3.8, 4) is 0 Å². The Balaban J connectivity index is 1.84. The minimum Gasteiger partial charge on any atom is -0.303 e. The summed E-state index contributed by atoms with van der Waals surface area (Å²) in [5.74, 6) is 0.841. The molecule has 19 heavy (non-hydrogen) atoms. The molecule has 1 fully saturated rings. The third-order valence-electron chi connectivity index (χ3n) is 3.77. The molecule has 0 radical (unpaired) electrons. The molecule has 0 bridgehead atoms. The van der Waals surface area contributed by atoms with E-state index in [1.165, 1.54) is 19.3 Å². The quantitative estimate of drug-likeness (QED) is 0.896. The van der Waals surface area contributed by atoms with Crippen LogP contribution in [0.4, 0.5) is 5.82 Å². The first-order chi connectivity index (χ1) is 9.24. The van der Waals surface area contributed by atoms with Gasteiger partial charge in [0.2, 0.25) is 0 Å². The summed E-state index contributed by atoms with van der Waals surface area (Å²) < 4.78 is 0. The number of piperidine rings is 1. The molecule has 0 spiro atoms. The van der Waals surface area contributed by atoms with Gasteiger partial charge in [0.05, 0.1) is 0 Å². The number of rotatable bonds is 2. The number of fused-ring (bicyclic) bond motifs is 1. The lowest BCUT2D eigenvalue weighted by Crippen LogP contribution is -2.47. The molecule has 5 heteroatoms. The number of hydrogen-bond donors (Lipinski definition) is 1. The highest BCUT2D eigenvalue weighted by atomic mass is 15.5. The maximum atomic E-state index is 4.51. The van der Waals surface area contributed by atoms with Gasteiger partial charge >= 0.3 is 0 Å². The average Bonchev–Trinajstić information content (AvgIpc) is 2.43. The lowest BCUT2D eigenvalue weighted by Gasteiger charge is -2.39. The third-order valence-corrected chi connectivity index (χ3v) is 3.77. The lowest BCUT2D eigenvalue weighted by atomic mass is 10.00. The molecule has 1 saturated heterocycles. The van der Waals surface area contributed by atoms with Crippen LogP contribution in [-0.2, 0) is 0 Å². The van der Waals surface area contributed by atoms with E-state index < -0.39 is 0 Å². The van der Waals surface area contributed by atoms with Gasteiger partial charge in [0.1, 0.15) is 11.3 Å². The average molecular weight is 257 g/mol. The Labute approximate surface area is 113 Å². The number of hydrazine groups is 1. The summed E-state index contributed by atoms with van der Waals surface area (Å²) in [6.45, 7) is 4.51.